The van der Waals surface area contributed by atoms with Crippen LogP contribution in [0, 0.1) is 0 Å². The Kier molecular flexibility index (Phi) is 3.04. The number of rotatable bonds is 4. The van der Waals surface area contributed by atoms with Crippen LogP contribution in [0.2, 0.25) is 0 Å². The van der Waals surface area contributed by atoms with Gasteiger partial charge in [-0.15, -0.1) is 0 Å². The molecule has 100 valence electrons. The van der Waals surface area contributed by atoms with E-state index in [2.05, 4.69) is 15.5 Å². The SMILES string of the molecule is O=C(O)c1cc2ccccc2nc1NCc1ccon1. The average molecular weight is 269 g/mol. The van der Waals surface area contributed by atoms with Crippen LogP contribution in [0.5, 0.6) is 0 Å². The number of hydrogen-bond acceptors (Lipinski definition) is 5. The van der Waals surface area contributed by atoms with Crippen LogP contribution in [0.25, 0.3) is 10.9 Å². The highest BCUT2D eigenvalue weighted by Crippen LogP contribution is 2.21. The third-order valence-electron chi connectivity index (χ3n) is 2.88. The summed E-state index contributed by atoms with van der Waals surface area (Å²) in [7, 11) is 0. The average Bonchev–Trinajstić information content (AvgIpc) is 2.97. The van der Waals surface area contributed by atoms with Gasteiger partial charge in [0.2, 0.25) is 0 Å². The molecule has 0 spiro atoms. The molecule has 0 aliphatic heterocycles. The molecule has 0 aliphatic carbocycles. The van der Waals surface area contributed by atoms with E-state index in [-0.39, 0.29) is 5.56 Å². The molecule has 20 heavy (non-hydrogen) atoms. The Morgan fingerprint density at radius 3 is 2.90 bits per heavy atom. The van der Waals surface area contributed by atoms with Crippen LogP contribution in [-0.4, -0.2) is 21.2 Å². The molecule has 6 nitrogen and oxygen atoms in total. The van der Waals surface area contributed by atoms with E-state index in [9.17, 15) is 9.90 Å². The monoisotopic (exact) mass is 269 g/mol. The Balaban J connectivity index is 1.98. The Morgan fingerprint density at radius 1 is 1.30 bits per heavy atom. The number of carboxylic acids is 1. The van der Waals surface area contributed by atoms with Gasteiger partial charge in [-0.1, -0.05) is 23.4 Å². The molecule has 2 heterocycles. The molecule has 0 bridgehead atoms. The van der Waals surface area contributed by atoms with E-state index >= 15 is 0 Å². The van der Waals surface area contributed by atoms with Gasteiger partial charge in [0.1, 0.15) is 23.3 Å². The first kappa shape index (κ1) is 12.2. The summed E-state index contributed by atoms with van der Waals surface area (Å²) in [6.07, 6.45) is 1.46. The summed E-state index contributed by atoms with van der Waals surface area (Å²) in [5, 5.41) is 16.8. The van der Waals surface area contributed by atoms with Crippen LogP contribution in [0.1, 0.15) is 16.1 Å². The van der Waals surface area contributed by atoms with Crippen molar-refractivity contribution in [1.29, 1.82) is 0 Å². The van der Waals surface area contributed by atoms with Gasteiger partial charge >= 0.3 is 5.97 Å². The van der Waals surface area contributed by atoms with E-state index in [1.807, 2.05) is 24.3 Å². The fraction of sp³-hybridized carbons (Fsp3) is 0.0714. The van der Waals surface area contributed by atoms with E-state index in [1.54, 1.807) is 12.1 Å². The minimum atomic E-state index is -1.02. The number of nitrogens with zero attached hydrogens (tertiary/aromatic N) is 2. The number of aromatic carboxylic acids is 1. The largest absolute Gasteiger partial charge is 0.478 e. The fourth-order valence-electron chi connectivity index (χ4n) is 1.92. The van der Waals surface area contributed by atoms with Crippen molar-refractivity contribution in [2.24, 2.45) is 0 Å². The number of hydrogen-bond donors (Lipinski definition) is 2. The van der Waals surface area contributed by atoms with E-state index in [1.165, 1.54) is 6.26 Å². The van der Waals surface area contributed by atoms with Crippen LogP contribution in [-0.2, 0) is 6.54 Å². The number of pyridine rings is 1. The highest BCUT2D eigenvalue weighted by atomic mass is 16.5. The first-order chi connectivity index (χ1) is 9.74. The second-order valence-corrected chi connectivity index (χ2v) is 4.23. The van der Waals surface area contributed by atoms with Crippen molar-refractivity contribution in [2.75, 3.05) is 5.32 Å². The van der Waals surface area contributed by atoms with Crippen molar-refractivity contribution in [3.63, 3.8) is 0 Å². The highest BCUT2D eigenvalue weighted by molar-refractivity contribution is 5.98. The molecular weight excluding hydrogens is 258 g/mol. The lowest BCUT2D eigenvalue weighted by Crippen LogP contribution is -2.08. The van der Waals surface area contributed by atoms with Crippen molar-refractivity contribution in [2.45, 2.75) is 6.54 Å². The van der Waals surface area contributed by atoms with Crippen LogP contribution >= 0.6 is 0 Å². The molecule has 2 aromatic heterocycles. The minimum Gasteiger partial charge on any atom is -0.478 e. The molecule has 0 fully saturated rings. The van der Waals surface area contributed by atoms with Crippen molar-refractivity contribution in [3.05, 3.63) is 53.9 Å². The summed E-state index contributed by atoms with van der Waals surface area (Å²) in [6.45, 7) is 0.349. The van der Waals surface area contributed by atoms with E-state index in [0.717, 1.165) is 10.9 Å². The predicted molar refractivity (Wildman–Crippen MR) is 72.5 cm³/mol. The molecule has 1 aromatic carbocycles. The number of carboxylic acid groups (broad SMARTS) is 1. The summed E-state index contributed by atoms with van der Waals surface area (Å²) in [5.74, 6) is -0.704. The normalized spacial score (nSPS) is 10.6. The van der Waals surface area contributed by atoms with E-state index in [0.29, 0.717) is 18.1 Å². The fourth-order valence-corrected chi connectivity index (χ4v) is 1.92. The Hall–Kier alpha value is -2.89. The van der Waals surface area contributed by atoms with Gasteiger partial charge in [0, 0.05) is 11.5 Å². The molecule has 0 saturated carbocycles. The summed E-state index contributed by atoms with van der Waals surface area (Å²) >= 11 is 0. The molecule has 0 amide bonds. The number of nitrogens with one attached hydrogen (secondary N) is 1. The van der Waals surface area contributed by atoms with Crippen LogP contribution in [0.3, 0.4) is 0 Å². The van der Waals surface area contributed by atoms with Gasteiger partial charge in [-0.05, 0) is 12.1 Å². The predicted octanol–water partition coefficient (Wildman–Crippen LogP) is 2.53. The van der Waals surface area contributed by atoms with E-state index < -0.39 is 5.97 Å². The van der Waals surface area contributed by atoms with Crippen molar-refractivity contribution in [3.8, 4) is 0 Å². The first-order valence-corrected chi connectivity index (χ1v) is 6.00. The zero-order valence-electron chi connectivity index (χ0n) is 10.4. The maximum absolute atomic E-state index is 11.3. The topological polar surface area (TPSA) is 88.2 Å². The lowest BCUT2D eigenvalue weighted by Gasteiger charge is -2.09. The van der Waals surface area contributed by atoms with E-state index in [4.69, 9.17) is 4.52 Å². The standard InChI is InChI=1S/C14H11N3O3/c18-14(19)11-7-9-3-1-2-4-12(9)16-13(11)15-8-10-5-6-20-17-10/h1-7H,8H2,(H,15,16)(H,18,19). The molecule has 0 atom stereocenters. The smallest absolute Gasteiger partial charge is 0.339 e. The van der Waals surface area contributed by atoms with Crippen molar-refractivity contribution >= 4 is 22.7 Å². The maximum Gasteiger partial charge on any atom is 0.339 e. The molecule has 0 unspecified atom stereocenters. The second-order valence-electron chi connectivity index (χ2n) is 4.23. The molecule has 2 N–H and O–H groups in total. The number of carbonyl (C=O) groups is 1. The molecule has 3 aromatic rings. The summed E-state index contributed by atoms with van der Waals surface area (Å²) in [4.78, 5) is 15.7. The van der Waals surface area contributed by atoms with Gasteiger partial charge in [0.15, 0.2) is 0 Å². The Labute approximate surface area is 114 Å². The summed E-state index contributed by atoms with van der Waals surface area (Å²) < 4.78 is 4.72. The summed E-state index contributed by atoms with van der Waals surface area (Å²) in [5.41, 5.74) is 1.55. The van der Waals surface area contributed by atoms with Gasteiger partial charge in [0.25, 0.3) is 0 Å². The van der Waals surface area contributed by atoms with Gasteiger partial charge in [0.05, 0.1) is 12.1 Å². The number of benzene rings is 1. The van der Waals surface area contributed by atoms with Gasteiger partial charge in [-0.3, -0.25) is 0 Å². The first-order valence-electron chi connectivity index (χ1n) is 6.00. The quantitative estimate of drug-likeness (QED) is 0.756. The maximum atomic E-state index is 11.3. The number of anilines is 1. The Morgan fingerprint density at radius 2 is 2.15 bits per heavy atom. The molecule has 0 saturated heterocycles. The molecular formula is C14H11N3O3. The molecule has 0 radical (unpaired) electrons. The van der Waals surface area contributed by atoms with Gasteiger partial charge in [-0.2, -0.15) is 0 Å². The van der Waals surface area contributed by atoms with Crippen molar-refractivity contribution in [1.82, 2.24) is 10.1 Å². The van der Waals surface area contributed by atoms with Gasteiger partial charge in [-0.25, -0.2) is 9.78 Å². The third kappa shape index (κ3) is 2.31. The van der Waals surface area contributed by atoms with Crippen molar-refractivity contribution < 1.29 is 14.4 Å². The van der Waals surface area contributed by atoms with Gasteiger partial charge < -0.3 is 14.9 Å². The van der Waals surface area contributed by atoms with Crippen LogP contribution < -0.4 is 5.32 Å². The lowest BCUT2D eigenvalue weighted by molar-refractivity contribution is 0.0697. The molecule has 0 aliphatic rings. The van der Waals surface area contributed by atoms with Crippen LogP contribution in [0.15, 0.2) is 47.2 Å². The minimum absolute atomic E-state index is 0.132. The lowest BCUT2D eigenvalue weighted by atomic mass is 10.1. The van der Waals surface area contributed by atoms with Crippen LogP contribution in [0.4, 0.5) is 5.82 Å². The Bertz CT molecular complexity index is 753. The zero-order valence-corrected chi connectivity index (χ0v) is 10.4. The third-order valence-corrected chi connectivity index (χ3v) is 2.88. The zero-order chi connectivity index (χ0) is 13.9. The number of aromatic nitrogens is 2. The number of para-hydroxylation sites is 1. The molecule has 3 rings (SSSR count). The highest BCUT2D eigenvalue weighted by Gasteiger charge is 2.13. The summed E-state index contributed by atoms with van der Waals surface area (Å²) in [6, 6.07) is 10.7. The molecule has 6 heteroatoms. The second kappa shape index (κ2) is 5.00. The number of fused-ring (bicyclic) bond motifs is 1.